The molecule has 0 aliphatic heterocycles. The van der Waals surface area contributed by atoms with Gasteiger partial charge in [-0.2, -0.15) is 0 Å². The molecule has 0 spiro atoms. The van der Waals surface area contributed by atoms with Gasteiger partial charge in [0.05, 0.1) is 24.9 Å². The van der Waals surface area contributed by atoms with Crippen LogP contribution in [-0.2, 0) is 22.6 Å². The van der Waals surface area contributed by atoms with E-state index in [0.717, 1.165) is 4.47 Å². The Balaban J connectivity index is 1.76. The highest BCUT2D eigenvalue weighted by Crippen LogP contribution is 2.22. The van der Waals surface area contributed by atoms with Gasteiger partial charge in [-0.05, 0) is 52.3 Å². The maximum Gasteiger partial charge on any atom is 0.244 e. The lowest BCUT2D eigenvalue weighted by atomic mass is 10.1. The van der Waals surface area contributed by atoms with Crippen molar-refractivity contribution in [1.29, 1.82) is 0 Å². The Bertz CT molecular complexity index is 991. The Kier molecular flexibility index (Phi) is 7.06. The lowest BCUT2D eigenvalue weighted by Gasteiger charge is -2.22. The fraction of sp³-hybridized carbons (Fsp3) is 0.143. The van der Waals surface area contributed by atoms with Gasteiger partial charge in [-0.15, -0.1) is 0 Å². The van der Waals surface area contributed by atoms with Gasteiger partial charge in [-0.1, -0.05) is 29.8 Å². The number of furan rings is 1. The predicted molar refractivity (Wildman–Crippen MR) is 112 cm³/mol. The van der Waals surface area contributed by atoms with Gasteiger partial charge in [0.1, 0.15) is 18.1 Å². The molecule has 0 unspecified atom stereocenters. The van der Waals surface area contributed by atoms with E-state index in [9.17, 15) is 14.0 Å². The molecular formula is C21H17BrClFN2O3. The van der Waals surface area contributed by atoms with E-state index in [-0.39, 0.29) is 30.1 Å². The minimum absolute atomic E-state index is 0.0707. The summed E-state index contributed by atoms with van der Waals surface area (Å²) in [5.74, 6) is -0.903. The predicted octanol–water partition coefficient (Wildman–Crippen LogP) is 5.04. The number of hydrogen-bond donors (Lipinski definition) is 1. The number of amides is 2. The first kappa shape index (κ1) is 21.1. The zero-order chi connectivity index (χ0) is 20.8. The van der Waals surface area contributed by atoms with Crippen LogP contribution >= 0.6 is 27.5 Å². The molecule has 0 bridgehead atoms. The lowest BCUT2D eigenvalue weighted by Crippen LogP contribution is -2.38. The van der Waals surface area contributed by atoms with Crippen LogP contribution < -0.4 is 5.32 Å². The van der Waals surface area contributed by atoms with Gasteiger partial charge >= 0.3 is 0 Å². The Morgan fingerprint density at radius 2 is 1.90 bits per heavy atom. The Morgan fingerprint density at radius 1 is 1.10 bits per heavy atom. The quantitative estimate of drug-likeness (QED) is 0.516. The van der Waals surface area contributed by atoms with E-state index in [2.05, 4.69) is 21.2 Å². The fourth-order valence-electron chi connectivity index (χ4n) is 2.71. The smallest absolute Gasteiger partial charge is 0.244 e. The van der Waals surface area contributed by atoms with E-state index in [1.165, 1.54) is 29.4 Å². The number of carbonyl (C=O) groups excluding carboxylic acids is 2. The van der Waals surface area contributed by atoms with Crippen molar-refractivity contribution in [3.63, 3.8) is 0 Å². The number of anilines is 1. The third kappa shape index (κ3) is 5.68. The summed E-state index contributed by atoms with van der Waals surface area (Å²) in [4.78, 5) is 26.7. The van der Waals surface area contributed by atoms with Crippen LogP contribution in [0.2, 0.25) is 5.02 Å². The van der Waals surface area contributed by atoms with Crippen LogP contribution in [0.1, 0.15) is 11.3 Å². The number of rotatable bonds is 7. The Hall–Kier alpha value is -2.64. The topological polar surface area (TPSA) is 62.6 Å². The molecule has 2 amide bonds. The molecular weight excluding hydrogens is 463 g/mol. The Labute approximate surface area is 180 Å². The fourth-order valence-corrected chi connectivity index (χ4v) is 3.33. The second-order valence-electron chi connectivity index (χ2n) is 6.23. The molecule has 5 nitrogen and oxygen atoms in total. The molecule has 0 radical (unpaired) electrons. The number of nitrogens with one attached hydrogen (secondary N) is 1. The maximum atomic E-state index is 14.1. The summed E-state index contributed by atoms with van der Waals surface area (Å²) in [5.41, 5.74) is 0.676. The van der Waals surface area contributed by atoms with E-state index in [0.29, 0.717) is 11.4 Å². The number of benzene rings is 2. The molecule has 1 N–H and O–H groups in total. The molecule has 1 heterocycles. The molecule has 0 saturated heterocycles. The van der Waals surface area contributed by atoms with Crippen LogP contribution in [0.25, 0.3) is 0 Å². The van der Waals surface area contributed by atoms with Crippen LogP contribution in [0.3, 0.4) is 0 Å². The minimum Gasteiger partial charge on any atom is -0.467 e. The zero-order valence-electron chi connectivity index (χ0n) is 15.2. The highest BCUT2D eigenvalue weighted by atomic mass is 79.9. The molecule has 8 heteroatoms. The molecule has 0 aliphatic carbocycles. The summed E-state index contributed by atoms with van der Waals surface area (Å²) in [6, 6.07) is 14.7. The first-order chi connectivity index (χ1) is 13.9. The highest BCUT2D eigenvalue weighted by molar-refractivity contribution is 9.10. The van der Waals surface area contributed by atoms with E-state index in [4.69, 9.17) is 16.0 Å². The molecule has 0 aliphatic rings. The van der Waals surface area contributed by atoms with Gasteiger partial charge < -0.3 is 14.6 Å². The van der Waals surface area contributed by atoms with Crippen molar-refractivity contribution in [1.82, 2.24) is 4.90 Å². The molecule has 3 rings (SSSR count). The van der Waals surface area contributed by atoms with Crippen molar-refractivity contribution in [3.8, 4) is 0 Å². The van der Waals surface area contributed by atoms with E-state index in [1.54, 1.807) is 30.3 Å². The van der Waals surface area contributed by atoms with Gasteiger partial charge in [-0.3, -0.25) is 9.59 Å². The molecule has 150 valence electrons. The Morgan fingerprint density at radius 3 is 2.59 bits per heavy atom. The van der Waals surface area contributed by atoms with E-state index < -0.39 is 17.6 Å². The molecule has 0 atom stereocenters. The van der Waals surface area contributed by atoms with Crippen LogP contribution in [-0.4, -0.2) is 23.3 Å². The van der Waals surface area contributed by atoms with E-state index in [1.807, 2.05) is 6.07 Å². The highest BCUT2D eigenvalue weighted by Gasteiger charge is 2.22. The molecule has 1 aromatic heterocycles. The number of nitrogens with zero attached hydrogens (tertiary/aromatic N) is 1. The zero-order valence-corrected chi connectivity index (χ0v) is 17.5. The van der Waals surface area contributed by atoms with Crippen LogP contribution in [0.4, 0.5) is 10.1 Å². The molecule has 0 fully saturated rings. The second-order valence-corrected chi connectivity index (χ2v) is 7.50. The summed E-state index contributed by atoms with van der Waals surface area (Å²) in [7, 11) is 0. The van der Waals surface area contributed by atoms with Crippen molar-refractivity contribution in [2.75, 3.05) is 11.9 Å². The summed E-state index contributed by atoms with van der Waals surface area (Å²) < 4.78 is 20.1. The van der Waals surface area contributed by atoms with Gasteiger partial charge in [0.15, 0.2) is 0 Å². The second kappa shape index (κ2) is 9.71. The number of halogens is 3. The van der Waals surface area contributed by atoms with Gasteiger partial charge in [0.25, 0.3) is 0 Å². The average Bonchev–Trinajstić information content (AvgIpc) is 3.19. The summed E-state index contributed by atoms with van der Waals surface area (Å²) in [5, 5.41) is 2.91. The van der Waals surface area contributed by atoms with Crippen molar-refractivity contribution >= 4 is 45.0 Å². The molecule has 2 aromatic carbocycles. The molecule has 3 aromatic rings. The number of carbonyl (C=O) groups is 2. The van der Waals surface area contributed by atoms with Crippen molar-refractivity contribution in [2.24, 2.45) is 0 Å². The lowest BCUT2D eigenvalue weighted by molar-refractivity contribution is -0.135. The van der Waals surface area contributed by atoms with Crippen LogP contribution in [0.15, 0.2) is 69.8 Å². The SMILES string of the molecule is O=C(CN(Cc1ccco1)C(=O)Cc1c(F)cccc1Cl)Nc1ccccc1Br. The minimum atomic E-state index is -0.568. The van der Waals surface area contributed by atoms with Crippen molar-refractivity contribution in [3.05, 3.63) is 87.5 Å². The molecule has 29 heavy (non-hydrogen) atoms. The summed E-state index contributed by atoms with van der Waals surface area (Å²) in [6.07, 6.45) is 1.21. The first-order valence-corrected chi connectivity index (χ1v) is 9.88. The van der Waals surface area contributed by atoms with E-state index >= 15 is 0 Å². The summed E-state index contributed by atoms with van der Waals surface area (Å²) >= 11 is 9.40. The van der Waals surface area contributed by atoms with Crippen molar-refractivity contribution < 1.29 is 18.4 Å². The van der Waals surface area contributed by atoms with Crippen LogP contribution in [0.5, 0.6) is 0 Å². The standard InChI is InChI=1S/C21H17BrClFN2O3/c22-16-6-1-2-9-19(16)25-20(27)13-26(12-14-5-4-10-29-14)21(28)11-15-17(23)7-3-8-18(15)24/h1-10H,11-13H2,(H,25,27). The maximum absolute atomic E-state index is 14.1. The average molecular weight is 480 g/mol. The van der Waals surface area contributed by atoms with Crippen LogP contribution in [0, 0.1) is 5.82 Å². The summed E-state index contributed by atoms with van der Waals surface area (Å²) in [6.45, 7) is -0.159. The number of para-hydroxylation sites is 1. The van der Waals surface area contributed by atoms with Gasteiger partial charge in [0.2, 0.25) is 11.8 Å². The normalized spacial score (nSPS) is 10.6. The van der Waals surface area contributed by atoms with Gasteiger partial charge in [-0.25, -0.2) is 4.39 Å². The van der Waals surface area contributed by atoms with Crippen molar-refractivity contribution in [2.45, 2.75) is 13.0 Å². The number of hydrogen-bond acceptors (Lipinski definition) is 3. The molecule has 0 saturated carbocycles. The third-order valence-electron chi connectivity index (χ3n) is 4.15. The largest absolute Gasteiger partial charge is 0.467 e. The van der Waals surface area contributed by atoms with Gasteiger partial charge in [0, 0.05) is 15.1 Å². The third-order valence-corrected chi connectivity index (χ3v) is 5.20. The first-order valence-electron chi connectivity index (χ1n) is 8.71. The monoisotopic (exact) mass is 478 g/mol.